The van der Waals surface area contributed by atoms with Gasteiger partial charge in [-0.2, -0.15) is 0 Å². The van der Waals surface area contributed by atoms with Gasteiger partial charge in [0.1, 0.15) is 17.9 Å². The van der Waals surface area contributed by atoms with Gasteiger partial charge in [0.25, 0.3) is 0 Å². The molecule has 0 N–H and O–H groups in total. The van der Waals surface area contributed by atoms with Crippen molar-refractivity contribution in [3.05, 3.63) is 41.0 Å². The highest BCUT2D eigenvalue weighted by Crippen LogP contribution is 2.14. The second kappa shape index (κ2) is 4.41. The normalized spacial score (nSPS) is 10.4. The number of carbonyl (C=O) groups is 2. The number of aldehydes is 2. The van der Waals surface area contributed by atoms with Crippen molar-refractivity contribution in [2.75, 3.05) is 0 Å². The largest absolute Gasteiger partial charge is 0.299 e. The lowest BCUT2D eigenvalue weighted by atomic mass is 10.1. The predicted octanol–water partition coefficient (Wildman–Crippen LogP) is 1.99. The van der Waals surface area contributed by atoms with Crippen molar-refractivity contribution in [3.63, 3.8) is 0 Å². The summed E-state index contributed by atoms with van der Waals surface area (Å²) < 4.78 is 25.9. The fourth-order valence-corrected chi connectivity index (χ4v) is 0.963. The van der Waals surface area contributed by atoms with Gasteiger partial charge in [0.2, 0.25) is 0 Å². The Morgan fingerprint density at radius 1 is 1.07 bits per heavy atom. The van der Waals surface area contributed by atoms with Crippen molar-refractivity contribution in [1.82, 2.24) is 0 Å². The Bertz CT molecular complexity index is 374. The zero-order valence-corrected chi connectivity index (χ0v) is 7.04. The minimum atomic E-state index is -0.939. The van der Waals surface area contributed by atoms with E-state index in [2.05, 4.69) is 0 Å². The zero-order valence-electron chi connectivity index (χ0n) is 7.04. The second-order valence-electron chi connectivity index (χ2n) is 2.51. The topological polar surface area (TPSA) is 34.1 Å². The van der Waals surface area contributed by atoms with E-state index in [-0.39, 0.29) is 11.8 Å². The molecule has 1 rings (SSSR count). The van der Waals surface area contributed by atoms with Crippen LogP contribution >= 0.6 is 0 Å². The van der Waals surface area contributed by atoms with Crippen LogP contribution in [-0.4, -0.2) is 12.6 Å². The van der Waals surface area contributed by atoms with Crippen LogP contribution in [0.2, 0.25) is 0 Å². The molecule has 0 saturated carbocycles. The first-order valence-electron chi connectivity index (χ1n) is 3.75. The average molecular weight is 196 g/mol. The third-order valence-electron chi connectivity index (χ3n) is 1.59. The predicted molar refractivity (Wildman–Crippen MR) is 46.8 cm³/mol. The molecule has 4 heteroatoms. The van der Waals surface area contributed by atoms with E-state index >= 15 is 0 Å². The fraction of sp³-hybridized carbons (Fsp3) is 0. The van der Waals surface area contributed by atoms with Crippen molar-refractivity contribution in [2.45, 2.75) is 0 Å². The van der Waals surface area contributed by atoms with E-state index in [0.717, 1.165) is 18.2 Å². The van der Waals surface area contributed by atoms with Gasteiger partial charge in [0.15, 0.2) is 6.29 Å². The fourth-order valence-electron chi connectivity index (χ4n) is 0.963. The molecule has 0 heterocycles. The third-order valence-corrected chi connectivity index (χ3v) is 1.59. The molecular formula is C10H6F2O2. The van der Waals surface area contributed by atoms with Gasteiger partial charge >= 0.3 is 0 Å². The first-order valence-corrected chi connectivity index (χ1v) is 3.75. The quantitative estimate of drug-likeness (QED) is 0.547. The number of hydrogen-bond acceptors (Lipinski definition) is 2. The molecule has 0 unspecified atom stereocenters. The van der Waals surface area contributed by atoms with Crippen LogP contribution in [0.5, 0.6) is 0 Å². The van der Waals surface area contributed by atoms with Crippen molar-refractivity contribution >= 4 is 18.6 Å². The zero-order chi connectivity index (χ0) is 10.6. The van der Waals surface area contributed by atoms with E-state index in [9.17, 15) is 18.4 Å². The summed E-state index contributed by atoms with van der Waals surface area (Å²) in [6.07, 6.45) is 2.95. The monoisotopic (exact) mass is 196 g/mol. The number of benzene rings is 1. The van der Waals surface area contributed by atoms with Crippen molar-refractivity contribution in [1.29, 1.82) is 0 Å². The summed E-state index contributed by atoms with van der Waals surface area (Å²) in [4.78, 5) is 20.2. The first kappa shape index (κ1) is 10.2. The molecule has 0 aromatic heterocycles. The smallest absolute Gasteiger partial charge is 0.155 e. The number of halogens is 2. The number of carbonyl (C=O) groups excluding carboxylic acids is 2. The third kappa shape index (κ3) is 2.10. The van der Waals surface area contributed by atoms with Crippen LogP contribution in [0.25, 0.3) is 6.08 Å². The molecule has 0 aliphatic rings. The number of hydrogen-bond donors (Lipinski definition) is 0. The van der Waals surface area contributed by atoms with E-state index in [1.54, 1.807) is 0 Å². The minimum Gasteiger partial charge on any atom is -0.299 e. The molecule has 2 nitrogen and oxygen atoms in total. The van der Waals surface area contributed by atoms with Gasteiger partial charge in [0, 0.05) is 0 Å². The highest BCUT2D eigenvalue weighted by atomic mass is 19.1. The van der Waals surface area contributed by atoms with E-state index < -0.39 is 17.2 Å². The lowest BCUT2D eigenvalue weighted by Crippen LogP contribution is -1.94. The first-order chi connectivity index (χ1) is 6.69. The van der Waals surface area contributed by atoms with E-state index in [1.165, 1.54) is 6.08 Å². The summed E-state index contributed by atoms with van der Waals surface area (Å²) in [5, 5.41) is 0. The van der Waals surface area contributed by atoms with E-state index in [0.29, 0.717) is 6.29 Å². The Balaban J connectivity index is 3.19. The van der Waals surface area contributed by atoms with Crippen LogP contribution in [-0.2, 0) is 4.79 Å². The molecule has 0 bridgehead atoms. The molecule has 0 fully saturated rings. The molecule has 14 heavy (non-hydrogen) atoms. The van der Waals surface area contributed by atoms with Crippen LogP contribution in [0.15, 0.2) is 18.2 Å². The van der Waals surface area contributed by atoms with Gasteiger partial charge < -0.3 is 0 Å². The van der Waals surface area contributed by atoms with Crippen LogP contribution in [0, 0.1) is 11.6 Å². The molecule has 0 aliphatic carbocycles. The van der Waals surface area contributed by atoms with E-state index in [1.807, 2.05) is 0 Å². The van der Waals surface area contributed by atoms with Gasteiger partial charge in [-0.1, -0.05) is 6.08 Å². The maximum absolute atomic E-state index is 12.9. The summed E-state index contributed by atoms with van der Waals surface area (Å²) >= 11 is 0. The van der Waals surface area contributed by atoms with Crippen LogP contribution in [0.1, 0.15) is 15.9 Å². The second-order valence-corrected chi connectivity index (χ2v) is 2.51. The minimum absolute atomic E-state index is 0.109. The summed E-state index contributed by atoms with van der Waals surface area (Å²) in [7, 11) is 0. The van der Waals surface area contributed by atoms with Crippen LogP contribution in [0.4, 0.5) is 8.78 Å². The van der Waals surface area contributed by atoms with Gasteiger partial charge in [-0.3, -0.25) is 9.59 Å². The van der Waals surface area contributed by atoms with Crippen molar-refractivity contribution < 1.29 is 18.4 Å². The molecule has 72 valence electrons. The molecule has 0 spiro atoms. The molecule has 0 saturated heterocycles. The molecule has 0 atom stereocenters. The molecule has 0 amide bonds. The van der Waals surface area contributed by atoms with Crippen molar-refractivity contribution in [2.24, 2.45) is 0 Å². The Morgan fingerprint density at radius 3 is 2.07 bits per heavy atom. The lowest BCUT2D eigenvalue weighted by molar-refractivity contribution is -0.104. The average Bonchev–Trinajstić information content (AvgIpc) is 2.14. The Kier molecular flexibility index (Phi) is 3.23. The van der Waals surface area contributed by atoms with Gasteiger partial charge in [-0.05, 0) is 23.8 Å². The van der Waals surface area contributed by atoms with Crippen LogP contribution in [0.3, 0.4) is 0 Å². The Labute approximate surface area is 78.9 Å². The van der Waals surface area contributed by atoms with Gasteiger partial charge in [0.05, 0.1) is 5.56 Å². The van der Waals surface area contributed by atoms with Crippen molar-refractivity contribution in [3.8, 4) is 0 Å². The summed E-state index contributed by atoms with van der Waals surface area (Å²) in [6, 6.07) is 1.96. The highest BCUT2D eigenvalue weighted by Gasteiger charge is 2.08. The molecule has 1 aromatic carbocycles. The molecule has 1 aromatic rings. The van der Waals surface area contributed by atoms with Crippen LogP contribution < -0.4 is 0 Å². The van der Waals surface area contributed by atoms with Gasteiger partial charge in [-0.25, -0.2) is 8.78 Å². The summed E-state index contributed by atoms with van der Waals surface area (Å²) in [6.45, 7) is 0. The molecular weight excluding hydrogens is 190 g/mol. The Morgan fingerprint density at radius 2 is 1.64 bits per heavy atom. The Hall–Kier alpha value is -1.84. The maximum Gasteiger partial charge on any atom is 0.155 e. The molecule has 0 aliphatic heterocycles. The molecule has 0 radical (unpaired) electrons. The number of rotatable bonds is 3. The highest BCUT2D eigenvalue weighted by molar-refractivity contribution is 5.78. The summed E-state index contributed by atoms with van der Waals surface area (Å²) in [5.41, 5.74) is -0.411. The number of allylic oxidation sites excluding steroid dienone is 1. The standard InChI is InChI=1S/C10H6F2O2/c11-9-4-7(2-1-3-13)5-10(12)8(9)6-14/h1-6H/b2-1+. The summed E-state index contributed by atoms with van der Waals surface area (Å²) in [5.74, 6) is -1.88. The SMILES string of the molecule is O=C/C=C/c1cc(F)c(C=O)c(F)c1. The van der Waals surface area contributed by atoms with E-state index in [4.69, 9.17) is 0 Å². The maximum atomic E-state index is 12.9. The lowest BCUT2D eigenvalue weighted by Gasteiger charge is -1.98. The van der Waals surface area contributed by atoms with Gasteiger partial charge in [-0.15, -0.1) is 0 Å².